The van der Waals surface area contributed by atoms with Crippen molar-refractivity contribution in [3.63, 3.8) is 0 Å². The molecular formula is C64H42N4O. The molecule has 0 bridgehead atoms. The normalized spacial score (nSPS) is 12.9. The van der Waals surface area contributed by atoms with E-state index in [4.69, 9.17) is 19.4 Å². The summed E-state index contributed by atoms with van der Waals surface area (Å²) in [6.45, 7) is 4.67. The van der Waals surface area contributed by atoms with Gasteiger partial charge in [0.05, 0.1) is 11.0 Å². The minimum absolute atomic E-state index is 0.0318. The number of rotatable bonds is 6. The smallest absolute Gasteiger partial charge is 0.238 e. The Hall–Kier alpha value is -8.93. The number of para-hydroxylation sites is 2. The lowest BCUT2D eigenvalue weighted by Gasteiger charge is -2.21. The first kappa shape index (κ1) is 39.3. The summed E-state index contributed by atoms with van der Waals surface area (Å²) >= 11 is 0. The standard InChI is InChI=1S/C64H42N4O/c1-64(2)55-27-10-8-23-49(55)53-35-45(30-32-56(53)64)41-20-12-19-40(33-41)42-21-13-22-46(34-42)48-25-14-26-52-54-36-43-17-6-7-18-44(43)37-57(54)68(60(48)52)63-66-61(39-15-4-3-5-16-39)65-62(67-63)47-29-31-51-50-24-9-11-28-58(50)69-59(51)38-47/h3-38H,1-2H3. The highest BCUT2D eigenvalue weighted by Crippen LogP contribution is 2.50. The molecule has 0 N–H and O–H groups in total. The number of fused-ring (bicyclic) bond motifs is 10. The second-order valence-corrected chi connectivity index (χ2v) is 18.8. The summed E-state index contributed by atoms with van der Waals surface area (Å²) in [5.41, 5.74) is 17.7. The van der Waals surface area contributed by atoms with Crippen LogP contribution in [0.1, 0.15) is 25.0 Å². The molecule has 13 aromatic rings. The molecule has 1 aliphatic rings. The number of nitrogens with zero attached hydrogens (tertiary/aromatic N) is 4. The zero-order valence-electron chi connectivity index (χ0n) is 38.0. The van der Waals surface area contributed by atoms with Gasteiger partial charge in [-0.1, -0.05) is 184 Å². The maximum atomic E-state index is 6.38. The predicted octanol–water partition coefficient (Wildman–Crippen LogP) is 16.7. The Morgan fingerprint density at radius 1 is 0.362 bits per heavy atom. The Labute approximate surface area is 398 Å². The fraction of sp³-hybridized carbons (Fsp3) is 0.0469. The van der Waals surface area contributed by atoms with Crippen LogP contribution >= 0.6 is 0 Å². The predicted molar refractivity (Wildman–Crippen MR) is 284 cm³/mol. The molecule has 5 heteroatoms. The van der Waals surface area contributed by atoms with E-state index in [2.05, 4.69) is 200 Å². The van der Waals surface area contributed by atoms with E-state index >= 15 is 0 Å². The van der Waals surface area contributed by atoms with Crippen LogP contribution in [0, 0.1) is 0 Å². The molecule has 14 rings (SSSR count). The largest absolute Gasteiger partial charge is 0.456 e. The average molecular weight is 883 g/mol. The molecule has 0 amide bonds. The van der Waals surface area contributed by atoms with E-state index in [1.807, 2.05) is 36.4 Å². The molecule has 5 nitrogen and oxygen atoms in total. The zero-order valence-corrected chi connectivity index (χ0v) is 38.0. The van der Waals surface area contributed by atoms with Crippen molar-refractivity contribution in [2.75, 3.05) is 0 Å². The number of aromatic nitrogens is 4. The number of hydrogen-bond acceptors (Lipinski definition) is 4. The van der Waals surface area contributed by atoms with E-state index < -0.39 is 0 Å². The Morgan fingerprint density at radius 3 is 1.77 bits per heavy atom. The first-order chi connectivity index (χ1) is 33.9. The summed E-state index contributed by atoms with van der Waals surface area (Å²) in [5.74, 6) is 1.69. The molecule has 3 aromatic heterocycles. The molecular weight excluding hydrogens is 841 g/mol. The Bertz CT molecular complexity index is 4230. The van der Waals surface area contributed by atoms with E-state index in [0.717, 1.165) is 82.5 Å². The Kier molecular flexibility index (Phi) is 8.56. The van der Waals surface area contributed by atoms with E-state index in [1.165, 1.54) is 38.8 Å². The molecule has 0 atom stereocenters. The molecule has 0 saturated carbocycles. The van der Waals surface area contributed by atoms with Gasteiger partial charge in [0, 0.05) is 43.7 Å². The van der Waals surface area contributed by atoms with Crippen molar-refractivity contribution in [1.82, 2.24) is 19.5 Å². The number of hydrogen-bond donors (Lipinski definition) is 0. The zero-order chi connectivity index (χ0) is 45.8. The van der Waals surface area contributed by atoms with E-state index in [1.54, 1.807) is 0 Å². The highest BCUT2D eigenvalue weighted by Gasteiger charge is 2.35. The first-order valence-electron chi connectivity index (χ1n) is 23.6. The Morgan fingerprint density at radius 2 is 0.942 bits per heavy atom. The molecule has 1 aliphatic carbocycles. The lowest BCUT2D eigenvalue weighted by Crippen LogP contribution is -2.14. The van der Waals surface area contributed by atoms with Crippen molar-refractivity contribution in [1.29, 1.82) is 0 Å². The fourth-order valence-electron chi connectivity index (χ4n) is 11.0. The molecule has 324 valence electrons. The SMILES string of the molecule is CC1(C)c2ccccc2-c2cc(-c3cccc(-c4cccc(-c5cccc6c7cc8ccccc8cc7n(-c7nc(-c8ccccc8)nc(-c8ccc9c(c8)oc8ccccc89)n7)c56)c4)c3)ccc21. The van der Waals surface area contributed by atoms with Crippen molar-refractivity contribution in [2.45, 2.75) is 19.3 Å². The molecule has 0 saturated heterocycles. The van der Waals surface area contributed by atoms with Crippen LogP contribution < -0.4 is 0 Å². The van der Waals surface area contributed by atoms with E-state index in [9.17, 15) is 0 Å². The molecule has 0 radical (unpaired) electrons. The second-order valence-electron chi connectivity index (χ2n) is 18.8. The maximum Gasteiger partial charge on any atom is 0.238 e. The summed E-state index contributed by atoms with van der Waals surface area (Å²) in [6, 6.07) is 78.1. The summed E-state index contributed by atoms with van der Waals surface area (Å²) < 4.78 is 8.64. The lowest BCUT2D eigenvalue weighted by atomic mass is 9.82. The van der Waals surface area contributed by atoms with Crippen LogP contribution in [0.5, 0.6) is 0 Å². The van der Waals surface area contributed by atoms with Gasteiger partial charge in [-0.3, -0.25) is 4.57 Å². The third kappa shape index (κ3) is 6.21. The van der Waals surface area contributed by atoms with Gasteiger partial charge in [-0.25, -0.2) is 4.98 Å². The van der Waals surface area contributed by atoms with Gasteiger partial charge in [0.2, 0.25) is 5.95 Å². The van der Waals surface area contributed by atoms with Crippen molar-refractivity contribution >= 4 is 54.5 Å². The number of furan rings is 1. The van der Waals surface area contributed by atoms with Gasteiger partial charge in [-0.05, 0) is 109 Å². The van der Waals surface area contributed by atoms with E-state index in [0.29, 0.717) is 17.6 Å². The van der Waals surface area contributed by atoms with Crippen LogP contribution in [0.4, 0.5) is 0 Å². The highest BCUT2D eigenvalue weighted by atomic mass is 16.3. The minimum atomic E-state index is -0.0318. The van der Waals surface area contributed by atoms with Gasteiger partial charge < -0.3 is 4.42 Å². The van der Waals surface area contributed by atoms with Crippen LogP contribution in [0.25, 0.3) is 128 Å². The molecule has 10 aromatic carbocycles. The van der Waals surface area contributed by atoms with Crippen LogP contribution in [0.15, 0.2) is 223 Å². The topological polar surface area (TPSA) is 56.7 Å². The summed E-state index contributed by atoms with van der Waals surface area (Å²) in [6.07, 6.45) is 0. The average Bonchev–Trinajstić information content (AvgIpc) is 4.02. The quantitative estimate of drug-likeness (QED) is 0.167. The fourth-order valence-corrected chi connectivity index (χ4v) is 11.0. The van der Waals surface area contributed by atoms with Gasteiger partial charge in [0.25, 0.3) is 0 Å². The van der Waals surface area contributed by atoms with Crippen LogP contribution in [0.3, 0.4) is 0 Å². The van der Waals surface area contributed by atoms with Gasteiger partial charge in [-0.15, -0.1) is 0 Å². The third-order valence-electron chi connectivity index (χ3n) is 14.4. The van der Waals surface area contributed by atoms with Crippen molar-refractivity contribution in [3.05, 3.63) is 230 Å². The van der Waals surface area contributed by atoms with Gasteiger partial charge in [0.1, 0.15) is 11.2 Å². The molecule has 3 heterocycles. The van der Waals surface area contributed by atoms with Gasteiger partial charge in [0.15, 0.2) is 11.6 Å². The van der Waals surface area contributed by atoms with Crippen LogP contribution in [-0.2, 0) is 5.41 Å². The number of benzene rings is 10. The Balaban J connectivity index is 0.953. The minimum Gasteiger partial charge on any atom is -0.456 e. The third-order valence-corrected chi connectivity index (χ3v) is 14.4. The van der Waals surface area contributed by atoms with Gasteiger partial charge >= 0.3 is 0 Å². The summed E-state index contributed by atoms with van der Waals surface area (Å²) in [4.78, 5) is 15.9. The maximum absolute atomic E-state index is 6.38. The summed E-state index contributed by atoms with van der Waals surface area (Å²) in [7, 11) is 0. The molecule has 0 spiro atoms. The molecule has 69 heavy (non-hydrogen) atoms. The van der Waals surface area contributed by atoms with E-state index in [-0.39, 0.29) is 5.41 Å². The summed E-state index contributed by atoms with van der Waals surface area (Å²) in [5, 5.41) is 6.69. The highest BCUT2D eigenvalue weighted by molar-refractivity contribution is 6.17. The molecule has 0 aliphatic heterocycles. The second kappa shape index (κ2) is 15.0. The molecule has 0 unspecified atom stereocenters. The monoisotopic (exact) mass is 882 g/mol. The van der Waals surface area contributed by atoms with Crippen molar-refractivity contribution in [2.24, 2.45) is 0 Å². The van der Waals surface area contributed by atoms with Crippen LogP contribution in [-0.4, -0.2) is 19.5 Å². The van der Waals surface area contributed by atoms with Crippen LogP contribution in [0.2, 0.25) is 0 Å². The van der Waals surface area contributed by atoms with Gasteiger partial charge in [-0.2, -0.15) is 9.97 Å². The molecule has 0 fully saturated rings. The lowest BCUT2D eigenvalue weighted by molar-refractivity contribution is 0.660. The van der Waals surface area contributed by atoms with Crippen molar-refractivity contribution in [3.8, 4) is 73.2 Å². The first-order valence-corrected chi connectivity index (χ1v) is 23.6. The van der Waals surface area contributed by atoms with Crippen molar-refractivity contribution < 1.29 is 4.42 Å².